The second-order valence-corrected chi connectivity index (χ2v) is 5.33. The van der Waals surface area contributed by atoms with Gasteiger partial charge in [-0.3, -0.25) is 14.4 Å². The van der Waals surface area contributed by atoms with E-state index >= 15 is 0 Å². The molecule has 0 saturated carbocycles. The van der Waals surface area contributed by atoms with Gasteiger partial charge in [0, 0.05) is 44.6 Å². The number of carbonyl (C=O) groups is 2. The predicted octanol–water partition coefficient (Wildman–Crippen LogP) is -0.779. The van der Waals surface area contributed by atoms with Crippen LogP contribution in [-0.4, -0.2) is 78.3 Å². The van der Waals surface area contributed by atoms with E-state index in [2.05, 4.69) is 4.98 Å². The maximum Gasteiger partial charge on any atom is 0.259 e. The minimum atomic E-state index is -0.287. The Bertz CT molecular complexity index is 574. The number of nitrogens with zero attached hydrogens (tertiary/aromatic N) is 3. The molecule has 7 heteroatoms. The molecule has 1 saturated heterocycles. The van der Waals surface area contributed by atoms with Gasteiger partial charge in [-0.2, -0.15) is 0 Å². The fourth-order valence-electron chi connectivity index (χ4n) is 2.28. The van der Waals surface area contributed by atoms with Gasteiger partial charge in [0.15, 0.2) is 5.43 Å². The Morgan fingerprint density at radius 1 is 1.19 bits per heavy atom. The highest BCUT2D eigenvalue weighted by Gasteiger charge is 2.25. The molecule has 1 aromatic rings. The average Bonchev–Trinajstić information content (AvgIpc) is 2.46. The number of hydrogen-bond acceptors (Lipinski definition) is 4. The van der Waals surface area contributed by atoms with E-state index in [1.165, 1.54) is 18.5 Å². The number of H-pyrrole nitrogens is 1. The van der Waals surface area contributed by atoms with Crippen molar-refractivity contribution in [3.8, 4) is 0 Å². The van der Waals surface area contributed by atoms with Crippen molar-refractivity contribution < 1.29 is 9.59 Å². The Hall–Kier alpha value is -2.15. The third kappa shape index (κ3) is 3.69. The first-order chi connectivity index (χ1) is 9.99. The molecule has 0 aliphatic carbocycles. The summed E-state index contributed by atoms with van der Waals surface area (Å²) in [7, 11) is 3.69. The lowest BCUT2D eigenvalue weighted by Crippen LogP contribution is -2.52. The zero-order valence-electron chi connectivity index (χ0n) is 12.3. The van der Waals surface area contributed by atoms with Gasteiger partial charge in [-0.15, -0.1) is 0 Å². The number of rotatable bonds is 3. The van der Waals surface area contributed by atoms with Crippen LogP contribution in [0.15, 0.2) is 23.3 Å². The summed E-state index contributed by atoms with van der Waals surface area (Å²) in [5, 5.41) is 0. The number of nitrogens with one attached hydrogen (secondary N) is 1. The van der Waals surface area contributed by atoms with Crippen LogP contribution in [0.2, 0.25) is 0 Å². The molecule has 1 N–H and O–H groups in total. The van der Waals surface area contributed by atoms with Crippen LogP contribution in [0.1, 0.15) is 10.4 Å². The molecule has 114 valence electrons. The first-order valence-corrected chi connectivity index (χ1v) is 6.88. The third-order valence-electron chi connectivity index (χ3n) is 3.43. The van der Waals surface area contributed by atoms with Crippen molar-refractivity contribution >= 4 is 11.8 Å². The Morgan fingerprint density at radius 2 is 1.81 bits per heavy atom. The van der Waals surface area contributed by atoms with Crippen LogP contribution in [-0.2, 0) is 4.79 Å². The van der Waals surface area contributed by atoms with Crippen molar-refractivity contribution in [3.05, 3.63) is 34.2 Å². The molecule has 0 bridgehead atoms. The topological polar surface area (TPSA) is 76.7 Å². The van der Waals surface area contributed by atoms with E-state index in [0.717, 1.165) is 0 Å². The number of carbonyl (C=O) groups excluding carboxylic acids is 2. The standard InChI is InChI=1S/C14H20N4O3/c1-16(2)10-13(20)17-5-7-18(8-6-17)14(21)11-9-15-4-3-12(11)19/h3-4,9H,5-8,10H2,1-2H3,(H,15,19). The van der Waals surface area contributed by atoms with Crippen molar-refractivity contribution in [2.75, 3.05) is 46.8 Å². The molecule has 0 aromatic carbocycles. The highest BCUT2D eigenvalue weighted by molar-refractivity contribution is 5.94. The number of hydrogen-bond donors (Lipinski definition) is 1. The molecule has 7 nitrogen and oxygen atoms in total. The molecule has 0 radical (unpaired) electrons. The zero-order valence-corrected chi connectivity index (χ0v) is 12.3. The summed E-state index contributed by atoms with van der Waals surface area (Å²) < 4.78 is 0. The van der Waals surface area contributed by atoms with Crippen molar-refractivity contribution in [3.63, 3.8) is 0 Å². The van der Waals surface area contributed by atoms with Crippen LogP contribution in [0, 0.1) is 0 Å². The van der Waals surface area contributed by atoms with Gasteiger partial charge in [-0.05, 0) is 14.1 Å². The molecule has 1 aliphatic rings. The van der Waals surface area contributed by atoms with E-state index in [-0.39, 0.29) is 22.8 Å². The minimum Gasteiger partial charge on any atom is -0.367 e. The molecule has 1 aliphatic heterocycles. The van der Waals surface area contributed by atoms with Crippen LogP contribution >= 0.6 is 0 Å². The van der Waals surface area contributed by atoms with Gasteiger partial charge >= 0.3 is 0 Å². The van der Waals surface area contributed by atoms with Crippen LogP contribution in [0.3, 0.4) is 0 Å². The van der Waals surface area contributed by atoms with Crippen molar-refractivity contribution in [2.45, 2.75) is 0 Å². The first-order valence-electron chi connectivity index (χ1n) is 6.88. The molecule has 0 atom stereocenters. The lowest BCUT2D eigenvalue weighted by Gasteiger charge is -2.35. The molecule has 2 heterocycles. The lowest BCUT2D eigenvalue weighted by molar-refractivity contribution is -0.133. The highest BCUT2D eigenvalue weighted by Crippen LogP contribution is 2.06. The molecular formula is C14H20N4O3. The van der Waals surface area contributed by atoms with Crippen LogP contribution in [0.25, 0.3) is 0 Å². The van der Waals surface area contributed by atoms with Crippen molar-refractivity contribution in [1.82, 2.24) is 19.7 Å². The Labute approximate surface area is 123 Å². The van der Waals surface area contributed by atoms with Gasteiger partial charge in [-0.25, -0.2) is 0 Å². The number of aromatic nitrogens is 1. The number of piperazine rings is 1. The maximum atomic E-state index is 12.3. The molecule has 1 aromatic heterocycles. The van der Waals surface area contributed by atoms with E-state index in [1.807, 2.05) is 19.0 Å². The summed E-state index contributed by atoms with van der Waals surface area (Å²) in [6.45, 7) is 2.28. The predicted molar refractivity (Wildman–Crippen MR) is 78.1 cm³/mol. The van der Waals surface area contributed by atoms with Crippen LogP contribution < -0.4 is 5.43 Å². The fourth-order valence-corrected chi connectivity index (χ4v) is 2.28. The van der Waals surface area contributed by atoms with Crippen molar-refractivity contribution in [2.24, 2.45) is 0 Å². The summed E-state index contributed by atoms with van der Waals surface area (Å²) in [5.41, 5.74) is -0.143. The number of amides is 2. The fraction of sp³-hybridized carbons (Fsp3) is 0.500. The van der Waals surface area contributed by atoms with Crippen LogP contribution in [0.4, 0.5) is 0 Å². The molecule has 21 heavy (non-hydrogen) atoms. The summed E-state index contributed by atoms with van der Waals surface area (Å²) >= 11 is 0. The monoisotopic (exact) mass is 292 g/mol. The largest absolute Gasteiger partial charge is 0.367 e. The maximum absolute atomic E-state index is 12.3. The number of pyridine rings is 1. The zero-order chi connectivity index (χ0) is 15.4. The molecule has 1 fully saturated rings. The third-order valence-corrected chi connectivity index (χ3v) is 3.43. The van der Waals surface area contributed by atoms with Crippen LogP contribution in [0.5, 0.6) is 0 Å². The van der Waals surface area contributed by atoms with Gasteiger partial charge < -0.3 is 19.7 Å². The Kier molecular flexibility index (Phi) is 4.74. The van der Waals surface area contributed by atoms with E-state index in [0.29, 0.717) is 32.7 Å². The van der Waals surface area contributed by atoms with Crippen molar-refractivity contribution in [1.29, 1.82) is 0 Å². The Morgan fingerprint density at radius 3 is 2.38 bits per heavy atom. The normalized spacial score (nSPS) is 15.4. The van der Waals surface area contributed by atoms with Gasteiger partial charge in [0.1, 0.15) is 5.56 Å². The van der Waals surface area contributed by atoms with E-state index in [4.69, 9.17) is 0 Å². The molecule has 2 rings (SSSR count). The SMILES string of the molecule is CN(C)CC(=O)N1CCN(C(=O)c2c[nH]ccc2=O)CC1. The lowest BCUT2D eigenvalue weighted by atomic mass is 10.2. The van der Waals surface area contributed by atoms with E-state index < -0.39 is 0 Å². The summed E-state index contributed by atoms with van der Waals surface area (Å²) in [6.07, 6.45) is 2.92. The Balaban J connectivity index is 1.95. The van der Waals surface area contributed by atoms with Gasteiger partial charge in [0.2, 0.25) is 5.91 Å². The smallest absolute Gasteiger partial charge is 0.259 e. The van der Waals surface area contributed by atoms with E-state index in [9.17, 15) is 14.4 Å². The average molecular weight is 292 g/mol. The highest BCUT2D eigenvalue weighted by atomic mass is 16.2. The van der Waals surface area contributed by atoms with E-state index in [1.54, 1.807) is 9.80 Å². The second-order valence-electron chi connectivity index (χ2n) is 5.33. The first kappa shape index (κ1) is 15.2. The van der Waals surface area contributed by atoms with Gasteiger partial charge in [0.25, 0.3) is 5.91 Å². The summed E-state index contributed by atoms with van der Waals surface area (Å²) in [4.78, 5) is 43.8. The minimum absolute atomic E-state index is 0.0599. The number of likely N-dealkylation sites (N-methyl/N-ethyl adjacent to an activating group) is 1. The summed E-state index contributed by atoms with van der Waals surface area (Å²) in [6, 6.07) is 1.34. The second kappa shape index (κ2) is 6.53. The number of aromatic amines is 1. The van der Waals surface area contributed by atoms with Gasteiger partial charge in [-0.1, -0.05) is 0 Å². The quantitative estimate of drug-likeness (QED) is 0.793. The molecule has 0 spiro atoms. The summed E-state index contributed by atoms with van der Waals surface area (Å²) in [5.74, 6) is -0.221. The molecular weight excluding hydrogens is 272 g/mol. The van der Waals surface area contributed by atoms with Gasteiger partial charge in [0.05, 0.1) is 6.54 Å². The molecule has 0 unspecified atom stereocenters. The molecule has 2 amide bonds.